The molecule has 1 saturated heterocycles. The summed E-state index contributed by atoms with van der Waals surface area (Å²) in [5, 5.41) is 2.78. The SMILES string of the molecule is NNc1c(F)cccc1C(=O)NCCCN1CCOCC1. The van der Waals surface area contributed by atoms with Gasteiger partial charge in [-0.25, -0.2) is 4.39 Å². The summed E-state index contributed by atoms with van der Waals surface area (Å²) in [5.41, 5.74) is 2.46. The molecular weight excluding hydrogens is 275 g/mol. The minimum absolute atomic E-state index is 0.0168. The first kappa shape index (κ1) is 15.7. The molecule has 1 aliphatic rings. The largest absolute Gasteiger partial charge is 0.379 e. The maximum atomic E-state index is 13.5. The summed E-state index contributed by atoms with van der Waals surface area (Å²) in [4.78, 5) is 14.3. The number of anilines is 1. The normalized spacial score (nSPS) is 15.7. The number of nitrogens with one attached hydrogen (secondary N) is 2. The van der Waals surface area contributed by atoms with Crippen LogP contribution in [0.1, 0.15) is 16.8 Å². The average Bonchev–Trinajstić information content (AvgIpc) is 2.52. The topological polar surface area (TPSA) is 79.6 Å². The third kappa shape index (κ3) is 4.38. The van der Waals surface area contributed by atoms with Crippen LogP contribution in [-0.4, -0.2) is 50.2 Å². The molecular formula is C14H21FN4O2. The fourth-order valence-corrected chi connectivity index (χ4v) is 2.28. The van der Waals surface area contributed by atoms with Crippen LogP contribution in [0.5, 0.6) is 0 Å². The summed E-state index contributed by atoms with van der Waals surface area (Å²) in [5.74, 6) is 4.38. The highest BCUT2D eigenvalue weighted by atomic mass is 19.1. The van der Waals surface area contributed by atoms with Gasteiger partial charge in [0.25, 0.3) is 5.91 Å². The molecule has 0 spiro atoms. The molecule has 0 unspecified atom stereocenters. The molecule has 0 saturated carbocycles. The fraction of sp³-hybridized carbons (Fsp3) is 0.500. The van der Waals surface area contributed by atoms with Crippen molar-refractivity contribution in [3.63, 3.8) is 0 Å². The van der Waals surface area contributed by atoms with E-state index in [-0.39, 0.29) is 17.2 Å². The van der Waals surface area contributed by atoms with Gasteiger partial charge in [-0.1, -0.05) is 6.07 Å². The average molecular weight is 296 g/mol. The number of nitrogen functional groups attached to an aromatic ring is 1. The molecule has 0 aromatic heterocycles. The first-order chi connectivity index (χ1) is 10.2. The van der Waals surface area contributed by atoms with Gasteiger partial charge in [-0.05, 0) is 25.1 Å². The van der Waals surface area contributed by atoms with Gasteiger partial charge in [0, 0.05) is 19.6 Å². The Morgan fingerprint density at radius 1 is 1.38 bits per heavy atom. The van der Waals surface area contributed by atoms with Gasteiger partial charge < -0.3 is 15.5 Å². The number of benzene rings is 1. The van der Waals surface area contributed by atoms with Crippen LogP contribution in [0.2, 0.25) is 0 Å². The second kappa shape index (κ2) is 7.92. The molecule has 1 aliphatic heterocycles. The van der Waals surface area contributed by atoms with Gasteiger partial charge in [-0.2, -0.15) is 0 Å². The Kier molecular flexibility index (Phi) is 5.91. The van der Waals surface area contributed by atoms with Gasteiger partial charge >= 0.3 is 0 Å². The second-order valence-electron chi connectivity index (χ2n) is 4.87. The lowest BCUT2D eigenvalue weighted by atomic mass is 10.1. The number of hydrogen-bond acceptors (Lipinski definition) is 5. The first-order valence-corrected chi connectivity index (χ1v) is 7.06. The van der Waals surface area contributed by atoms with E-state index in [1.54, 1.807) is 0 Å². The van der Waals surface area contributed by atoms with Crippen LogP contribution in [0.15, 0.2) is 18.2 Å². The van der Waals surface area contributed by atoms with Crippen molar-refractivity contribution in [3.05, 3.63) is 29.6 Å². The summed E-state index contributed by atoms with van der Waals surface area (Å²) in [6.07, 6.45) is 0.840. The summed E-state index contributed by atoms with van der Waals surface area (Å²) < 4.78 is 18.8. The summed E-state index contributed by atoms with van der Waals surface area (Å²) >= 11 is 0. The van der Waals surface area contributed by atoms with Crippen LogP contribution in [0.25, 0.3) is 0 Å². The molecule has 2 rings (SSSR count). The van der Waals surface area contributed by atoms with Crippen molar-refractivity contribution in [2.75, 3.05) is 44.8 Å². The number of carbonyl (C=O) groups is 1. The molecule has 0 radical (unpaired) electrons. The molecule has 1 amide bonds. The highest BCUT2D eigenvalue weighted by Gasteiger charge is 2.14. The van der Waals surface area contributed by atoms with Gasteiger partial charge in [0.05, 0.1) is 24.5 Å². The highest BCUT2D eigenvalue weighted by Crippen LogP contribution is 2.18. The number of morpholine rings is 1. The van der Waals surface area contributed by atoms with E-state index in [1.807, 2.05) is 0 Å². The monoisotopic (exact) mass is 296 g/mol. The molecule has 4 N–H and O–H groups in total. The molecule has 21 heavy (non-hydrogen) atoms. The van der Waals surface area contributed by atoms with Crippen molar-refractivity contribution in [2.24, 2.45) is 5.84 Å². The minimum Gasteiger partial charge on any atom is -0.379 e. The van der Waals surface area contributed by atoms with E-state index in [4.69, 9.17) is 10.6 Å². The number of nitrogens with two attached hydrogens (primary N) is 1. The highest BCUT2D eigenvalue weighted by molar-refractivity contribution is 5.99. The zero-order valence-electron chi connectivity index (χ0n) is 11.9. The van der Waals surface area contributed by atoms with Crippen molar-refractivity contribution in [2.45, 2.75) is 6.42 Å². The lowest BCUT2D eigenvalue weighted by molar-refractivity contribution is 0.0374. The van der Waals surface area contributed by atoms with Crippen molar-refractivity contribution in [1.29, 1.82) is 0 Å². The van der Waals surface area contributed by atoms with Crippen molar-refractivity contribution in [3.8, 4) is 0 Å². The standard InChI is InChI=1S/C14H21FN4O2/c15-12-4-1-3-11(13(12)18-16)14(20)17-5-2-6-19-7-9-21-10-8-19/h1,3-4,18H,2,5-10,16H2,(H,17,20). The van der Waals surface area contributed by atoms with E-state index < -0.39 is 5.82 Å². The number of nitrogens with zero attached hydrogens (tertiary/aromatic N) is 1. The van der Waals surface area contributed by atoms with Crippen molar-refractivity contribution < 1.29 is 13.9 Å². The lowest BCUT2D eigenvalue weighted by Crippen LogP contribution is -2.38. The predicted octanol–water partition coefficient (Wildman–Crippen LogP) is 0.563. The van der Waals surface area contributed by atoms with Gasteiger partial charge in [-0.3, -0.25) is 15.5 Å². The third-order valence-corrected chi connectivity index (χ3v) is 3.44. The fourth-order valence-electron chi connectivity index (χ4n) is 2.28. The van der Waals surface area contributed by atoms with Crippen molar-refractivity contribution >= 4 is 11.6 Å². The van der Waals surface area contributed by atoms with Gasteiger partial charge in [-0.15, -0.1) is 0 Å². The molecule has 6 nitrogen and oxygen atoms in total. The maximum absolute atomic E-state index is 13.5. The number of carbonyl (C=O) groups excluding carboxylic acids is 1. The van der Waals surface area contributed by atoms with Crippen LogP contribution in [0.4, 0.5) is 10.1 Å². The van der Waals surface area contributed by atoms with Gasteiger partial charge in [0.2, 0.25) is 0 Å². The molecule has 1 aromatic carbocycles. The lowest BCUT2D eigenvalue weighted by Gasteiger charge is -2.26. The minimum atomic E-state index is -0.543. The number of hydrazine groups is 1. The Balaban J connectivity index is 1.78. The Morgan fingerprint density at radius 2 is 2.14 bits per heavy atom. The second-order valence-corrected chi connectivity index (χ2v) is 4.87. The van der Waals surface area contributed by atoms with E-state index in [0.717, 1.165) is 39.3 Å². The Labute approximate surface area is 123 Å². The summed E-state index contributed by atoms with van der Waals surface area (Å²) in [6, 6.07) is 4.28. The van der Waals surface area contributed by atoms with E-state index >= 15 is 0 Å². The number of halogens is 1. The van der Waals surface area contributed by atoms with Gasteiger partial charge in [0.1, 0.15) is 5.82 Å². The molecule has 1 aromatic rings. The third-order valence-electron chi connectivity index (χ3n) is 3.44. The molecule has 7 heteroatoms. The van der Waals surface area contributed by atoms with E-state index in [9.17, 15) is 9.18 Å². The predicted molar refractivity (Wildman–Crippen MR) is 78.4 cm³/mol. The zero-order chi connectivity index (χ0) is 15.1. The van der Waals surface area contributed by atoms with Crippen LogP contribution in [-0.2, 0) is 4.74 Å². The number of hydrogen-bond donors (Lipinski definition) is 3. The van der Waals surface area contributed by atoms with Crippen LogP contribution in [0.3, 0.4) is 0 Å². The van der Waals surface area contributed by atoms with E-state index in [1.165, 1.54) is 18.2 Å². The number of para-hydroxylation sites is 1. The van der Waals surface area contributed by atoms with Gasteiger partial charge in [0.15, 0.2) is 0 Å². The first-order valence-electron chi connectivity index (χ1n) is 7.06. The van der Waals surface area contributed by atoms with Crippen molar-refractivity contribution in [1.82, 2.24) is 10.2 Å². The Bertz CT molecular complexity index is 478. The molecule has 1 fully saturated rings. The summed E-state index contributed by atoms with van der Waals surface area (Å²) in [7, 11) is 0. The molecule has 0 bridgehead atoms. The molecule has 0 atom stereocenters. The molecule has 0 aliphatic carbocycles. The van der Waals surface area contributed by atoms with E-state index in [0.29, 0.717) is 6.54 Å². The Hall–Kier alpha value is -1.70. The van der Waals surface area contributed by atoms with Crippen LogP contribution < -0.4 is 16.6 Å². The molecule has 116 valence electrons. The smallest absolute Gasteiger partial charge is 0.253 e. The number of ether oxygens (including phenoxy) is 1. The molecule has 1 heterocycles. The maximum Gasteiger partial charge on any atom is 0.253 e. The zero-order valence-corrected chi connectivity index (χ0v) is 11.9. The quantitative estimate of drug-likeness (QED) is 0.406. The van der Waals surface area contributed by atoms with E-state index in [2.05, 4.69) is 15.6 Å². The summed E-state index contributed by atoms with van der Waals surface area (Å²) in [6.45, 7) is 4.84. The number of rotatable bonds is 6. The van der Waals surface area contributed by atoms with Crippen LogP contribution >= 0.6 is 0 Å². The number of amides is 1. The van der Waals surface area contributed by atoms with Crippen LogP contribution in [0, 0.1) is 5.82 Å². The Morgan fingerprint density at radius 3 is 2.86 bits per heavy atom.